The number of hydrogen-bond donors (Lipinski definition) is 1. The number of hydrogen-bond acceptors (Lipinski definition) is 2. The van der Waals surface area contributed by atoms with Gasteiger partial charge in [-0.15, -0.1) is 6.58 Å². The summed E-state index contributed by atoms with van der Waals surface area (Å²) in [6, 6.07) is 0. The van der Waals surface area contributed by atoms with E-state index in [0.29, 0.717) is 12.0 Å². The van der Waals surface area contributed by atoms with Crippen molar-refractivity contribution in [2.75, 3.05) is 0 Å². The van der Waals surface area contributed by atoms with E-state index >= 15 is 0 Å². The van der Waals surface area contributed by atoms with E-state index in [-0.39, 0.29) is 18.1 Å². The second kappa shape index (κ2) is 3.00. The lowest BCUT2D eigenvalue weighted by Crippen LogP contribution is -2.17. The van der Waals surface area contributed by atoms with Crippen LogP contribution in [0.25, 0.3) is 0 Å². The molecule has 0 radical (unpaired) electrons. The van der Waals surface area contributed by atoms with Gasteiger partial charge >= 0.3 is 5.97 Å². The maximum atomic E-state index is 10.7. The third-order valence-corrected chi connectivity index (χ3v) is 2.59. The second-order valence-corrected chi connectivity index (χ2v) is 3.53. The molecule has 0 aromatic heterocycles. The van der Waals surface area contributed by atoms with Crippen LogP contribution in [0.2, 0.25) is 0 Å². The van der Waals surface area contributed by atoms with Crippen LogP contribution < -0.4 is 0 Å². The van der Waals surface area contributed by atoms with Crippen molar-refractivity contribution in [3.63, 3.8) is 0 Å². The molecule has 1 fully saturated rings. The Morgan fingerprint density at radius 2 is 2.62 bits per heavy atom. The van der Waals surface area contributed by atoms with Gasteiger partial charge < -0.3 is 9.84 Å². The highest BCUT2D eigenvalue weighted by molar-refractivity contribution is 5.87. The van der Waals surface area contributed by atoms with Crippen molar-refractivity contribution in [2.45, 2.75) is 25.0 Å². The molecule has 0 aromatic carbocycles. The van der Waals surface area contributed by atoms with E-state index < -0.39 is 5.97 Å². The minimum Gasteiger partial charge on any atom is -0.478 e. The lowest BCUT2D eigenvalue weighted by molar-refractivity contribution is -0.132. The summed E-state index contributed by atoms with van der Waals surface area (Å²) in [4.78, 5) is 10.7. The number of carbonyl (C=O) groups is 1. The van der Waals surface area contributed by atoms with E-state index in [1.54, 1.807) is 0 Å². The fraction of sp³-hybridized carbons (Fsp3) is 0.500. The average Bonchev–Trinajstić information content (AvgIpc) is 2.83. The number of rotatable bonds is 3. The van der Waals surface area contributed by atoms with Crippen LogP contribution in [-0.4, -0.2) is 23.3 Å². The van der Waals surface area contributed by atoms with Crippen LogP contribution in [0.3, 0.4) is 0 Å². The predicted molar refractivity (Wildman–Crippen MR) is 47.3 cm³/mol. The Labute approximate surface area is 76.7 Å². The molecule has 2 rings (SSSR count). The van der Waals surface area contributed by atoms with Gasteiger partial charge in [0, 0.05) is 17.9 Å². The molecular weight excluding hydrogens is 168 g/mol. The zero-order chi connectivity index (χ0) is 9.42. The summed E-state index contributed by atoms with van der Waals surface area (Å²) in [6.07, 6.45) is 5.40. The highest BCUT2D eigenvalue weighted by Gasteiger charge is 2.47. The molecule has 13 heavy (non-hydrogen) atoms. The van der Waals surface area contributed by atoms with Crippen LogP contribution in [0.5, 0.6) is 0 Å². The Morgan fingerprint density at radius 3 is 3.23 bits per heavy atom. The third-order valence-electron chi connectivity index (χ3n) is 2.59. The lowest BCUT2D eigenvalue weighted by Gasteiger charge is -2.13. The monoisotopic (exact) mass is 180 g/mol. The van der Waals surface area contributed by atoms with E-state index in [1.807, 2.05) is 12.2 Å². The standard InChI is InChI=1S/C10H12O3/c1-2-3-6-4-7(10(11)12)5-8-9(6)13-8/h2,4,6,8-9H,1,3,5H2,(H,11,12)/t6-,8+,9-/m0/s1. The van der Waals surface area contributed by atoms with E-state index in [9.17, 15) is 4.79 Å². The van der Waals surface area contributed by atoms with Crippen molar-refractivity contribution in [1.82, 2.24) is 0 Å². The molecule has 1 heterocycles. The minimum absolute atomic E-state index is 0.154. The SMILES string of the molecule is C=CC[C@H]1C=C(C(=O)O)C[C@H]2O[C@@H]12. The number of epoxide rings is 1. The quantitative estimate of drug-likeness (QED) is 0.527. The van der Waals surface area contributed by atoms with Gasteiger partial charge in [0.05, 0.1) is 12.2 Å². The molecule has 70 valence electrons. The zero-order valence-electron chi connectivity index (χ0n) is 7.27. The van der Waals surface area contributed by atoms with Crippen molar-refractivity contribution in [1.29, 1.82) is 0 Å². The number of carboxylic acid groups (broad SMARTS) is 1. The minimum atomic E-state index is -0.817. The maximum absolute atomic E-state index is 10.7. The van der Waals surface area contributed by atoms with E-state index in [2.05, 4.69) is 6.58 Å². The van der Waals surface area contributed by atoms with Gasteiger partial charge in [-0.05, 0) is 6.42 Å². The summed E-state index contributed by atoms with van der Waals surface area (Å²) in [5.74, 6) is -0.592. The molecular formula is C10H12O3. The molecule has 3 nitrogen and oxygen atoms in total. The fourth-order valence-electron chi connectivity index (χ4n) is 1.89. The molecule has 0 amide bonds. The molecule has 0 unspecified atom stereocenters. The molecule has 0 aromatic rings. The first-order chi connectivity index (χ1) is 6.22. The van der Waals surface area contributed by atoms with Crippen molar-refractivity contribution >= 4 is 5.97 Å². The first kappa shape index (κ1) is 8.51. The van der Waals surface area contributed by atoms with Crippen LogP contribution in [0.4, 0.5) is 0 Å². The lowest BCUT2D eigenvalue weighted by atomic mass is 9.88. The summed E-state index contributed by atoms with van der Waals surface area (Å²) in [5, 5.41) is 8.81. The Kier molecular flexibility index (Phi) is 1.96. The summed E-state index contributed by atoms with van der Waals surface area (Å²) < 4.78 is 5.36. The predicted octanol–water partition coefficient (Wildman–Crippen LogP) is 1.36. The topological polar surface area (TPSA) is 49.8 Å². The van der Waals surface area contributed by atoms with E-state index in [4.69, 9.17) is 9.84 Å². The summed E-state index contributed by atoms with van der Waals surface area (Å²) in [6.45, 7) is 3.65. The van der Waals surface area contributed by atoms with Crippen molar-refractivity contribution in [3.05, 3.63) is 24.3 Å². The smallest absolute Gasteiger partial charge is 0.331 e. The number of aliphatic carboxylic acids is 1. The highest BCUT2D eigenvalue weighted by atomic mass is 16.6. The maximum Gasteiger partial charge on any atom is 0.331 e. The van der Waals surface area contributed by atoms with Gasteiger partial charge in [0.2, 0.25) is 0 Å². The average molecular weight is 180 g/mol. The number of carboxylic acids is 1. The fourth-order valence-corrected chi connectivity index (χ4v) is 1.89. The van der Waals surface area contributed by atoms with Crippen molar-refractivity contribution < 1.29 is 14.6 Å². The molecule has 1 aliphatic carbocycles. The largest absolute Gasteiger partial charge is 0.478 e. The normalized spacial score (nSPS) is 36.0. The summed E-state index contributed by atoms with van der Waals surface area (Å²) in [5.41, 5.74) is 0.491. The molecule has 0 saturated carbocycles. The number of fused-ring (bicyclic) bond motifs is 1. The van der Waals surface area contributed by atoms with Crippen molar-refractivity contribution in [2.24, 2.45) is 5.92 Å². The molecule has 3 atom stereocenters. The highest BCUT2D eigenvalue weighted by Crippen LogP contribution is 2.41. The van der Waals surface area contributed by atoms with E-state index in [1.165, 1.54) is 0 Å². The van der Waals surface area contributed by atoms with Gasteiger partial charge in [0.25, 0.3) is 0 Å². The van der Waals surface area contributed by atoms with Gasteiger partial charge in [-0.3, -0.25) is 0 Å². The second-order valence-electron chi connectivity index (χ2n) is 3.53. The van der Waals surface area contributed by atoms with Gasteiger partial charge in [0.15, 0.2) is 0 Å². The van der Waals surface area contributed by atoms with Gasteiger partial charge in [-0.1, -0.05) is 12.2 Å². The Bertz CT molecular complexity index is 280. The van der Waals surface area contributed by atoms with Crippen LogP contribution in [0.1, 0.15) is 12.8 Å². The first-order valence-electron chi connectivity index (χ1n) is 4.42. The summed E-state index contributed by atoms with van der Waals surface area (Å²) >= 11 is 0. The summed E-state index contributed by atoms with van der Waals surface area (Å²) in [7, 11) is 0. The van der Waals surface area contributed by atoms with E-state index in [0.717, 1.165) is 6.42 Å². The van der Waals surface area contributed by atoms with Crippen molar-refractivity contribution in [3.8, 4) is 0 Å². The molecule has 3 heteroatoms. The van der Waals surface area contributed by atoms with Crippen LogP contribution in [0.15, 0.2) is 24.3 Å². The van der Waals surface area contributed by atoms with Gasteiger partial charge in [-0.25, -0.2) is 4.79 Å². The number of allylic oxidation sites excluding steroid dienone is 1. The van der Waals surface area contributed by atoms with Crippen LogP contribution in [0, 0.1) is 5.92 Å². The van der Waals surface area contributed by atoms with Gasteiger partial charge in [-0.2, -0.15) is 0 Å². The van der Waals surface area contributed by atoms with Crippen LogP contribution in [-0.2, 0) is 9.53 Å². The molecule has 1 aliphatic heterocycles. The Morgan fingerprint density at radius 1 is 1.85 bits per heavy atom. The molecule has 1 N–H and O–H groups in total. The Balaban J connectivity index is 2.13. The zero-order valence-corrected chi connectivity index (χ0v) is 7.27. The third kappa shape index (κ3) is 1.52. The molecule has 1 saturated heterocycles. The molecule has 0 bridgehead atoms. The van der Waals surface area contributed by atoms with Crippen LogP contribution >= 0.6 is 0 Å². The molecule has 0 spiro atoms. The first-order valence-corrected chi connectivity index (χ1v) is 4.42. The molecule has 2 aliphatic rings. The Hall–Kier alpha value is -1.09. The van der Waals surface area contributed by atoms with Gasteiger partial charge in [0.1, 0.15) is 0 Å². The number of ether oxygens (including phenoxy) is 1.